The highest BCUT2D eigenvalue weighted by atomic mass is 16.4. The van der Waals surface area contributed by atoms with E-state index in [4.69, 9.17) is 0 Å². The van der Waals surface area contributed by atoms with Crippen molar-refractivity contribution in [3.63, 3.8) is 0 Å². The Morgan fingerprint density at radius 3 is 2.52 bits per heavy atom. The van der Waals surface area contributed by atoms with E-state index in [1.54, 1.807) is 10.9 Å². The van der Waals surface area contributed by atoms with E-state index in [0.29, 0.717) is 18.8 Å². The Kier molecular flexibility index (Phi) is 4.88. The molecule has 0 unspecified atom stereocenters. The summed E-state index contributed by atoms with van der Waals surface area (Å²) in [5.41, 5.74) is 0.647. The Hall–Kier alpha value is -2.63. The summed E-state index contributed by atoms with van der Waals surface area (Å²) >= 11 is 0. The van der Waals surface area contributed by atoms with Crippen LogP contribution in [0.4, 0.5) is 0 Å². The van der Waals surface area contributed by atoms with E-state index in [0.717, 1.165) is 24.1 Å². The molecular weight excluding hydrogens is 318 g/mol. The van der Waals surface area contributed by atoms with Crippen LogP contribution in [0.2, 0.25) is 0 Å². The average Bonchev–Trinajstić information content (AvgIpc) is 3.12. The molecule has 1 saturated carbocycles. The lowest BCUT2D eigenvalue weighted by Gasteiger charge is -2.36. The van der Waals surface area contributed by atoms with Crippen LogP contribution < -0.4 is 5.32 Å². The zero-order valence-corrected chi connectivity index (χ0v) is 14.3. The van der Waals surface area contributed by atoms with Gasteiger partial charge in [0.25, 0.3) is 0 Å². The van der Waals surface area contributed by atoms with Crippen LogP contribution in [-0.4, -0.2) is 32.3 Å². The molecule has 3 rings (SSSR count). The van der Waals surface area contributed by atoms with Crippen LogP contribution in [0, 0.1) is 5.92 Å². The van der Waals surface area contributed by atoms with Gasteiger partial charge in [0.1, 0.15) is 5.54 Å². The zero-order chi connectivity index (χ0) is 17.9. The van der Waals surface area contributed by atoms with E-state index in [-0.39, 0.29) is 12.3 Å². The molecule has 1 aromatic carbocycles. The average molecular weight is 341 g/mol. The highest BCUT2D eigenvalue weighted by Gasteiger charge is 2.42. The van der Waals surface area contributed by atoms with Crippen molar-refractivity contribution in [1.29, 1.82) is 0 Å². The summed E-state index contributed by atoms with van der Waals surface area (Å²) in [6, 6.07) is 9.37. The maximum Gasteiger partial charge on any atom is 0.329 e. The first-order valence-corrected chi connectivity index (χ1v) is 8.62. The maximum atomic E-state index is 12.4. The van der Waals surface area contributed by atoms with Crippen LogP contribution in [-0.2, 0) is 16.0 Å². The molecule has 0 saturated heterocycles. The maximum absolute atomic E-state index is 12.4. The molecule has 1 aromatic heterocycles. The highest BCUT2D eigenvalue weighted by molar-refractivity contribution is 5.88. The number of aliphatic carboxylic acids is 1. The lowest BCUT2D eigenvalue weighted by atomic mass is 9.77. The molecule has 0 radical (unpaired) electrons. The van der Waals surface area contributed by atoms with Crippen LogP contribution in [0.3, 0.4) is 0 Å². The van der Waals surface area contributed by atoms with Crippen molar-refractivity contribution in [2.24, 2.45) is 5.92 Å². The monoisotopic (exact) mass is 341 g/mol. The van der Waals surface area contributed by atoms with Gasteiger partial charge >= 0.3 is 5.97 Å². The molecule has 0 bridgehead atoms. The Bertz CT molecular complexity index is 730. The number of carbonyl (C=O) groups excluding carboxylic acids is 1. The standard InChI is InChI=1S/C19H23N3O3/c1-14-7-9-19(10-8-14,18(24)25)21-17(23)13-15-3-5-16(6-4-15)22-12-2-11-20-22/h2-6,11-12,14H,7-10,13H2,1H3,(H,21,23)(H,24,25). The van der Waals surface area contributed by atoms with E-state index in [2.05, 4.69) is 17.3 Å². The fraction of sp³-hybridized carbons (Fsp3) is 0.421. The minimum atomic E-state index is -1.11. The van der Waals surface area contributed by atoms with Crippen molar-refractivity contribution in [2.75, 3.05) is 0 Å². The SMILES string of the molecule is CC1CCC(NC(=O)Cc2ccc(-n3cccn3)cc2)(C(=O)O)CC1. The van der Waals surface area contributed by atoms with Gasteiger partial charge in [0.2, 0.25) is 5.91 Å². The van der Waals surface area contributed by atoms with Crippen molar-refractivity contribution in [3.05, 3.63) is 48.3 Å². The normalized spacial score (nSPS) is 23.2. The number of amides is 1. The first-order valence-electron chi connectivity index (χ1n) is 8.62. The lowest BCUT2D eigenvalue weighted by molar-refractivity contribution is -0.149. The van der Waals surface area contributed by atoms with E-state index >= 15 is 0 Å². The van der Waals surface area contributed by atoms with Crippen molar-refractivity contribution in [3.8, 4) is 5.69 Å². The lowest BCUT2D eigenvalue weighted by Crippen LogP contribution is -2.56. The molecule has 25 heavy (non-hydrogen) atoms. The molecule has 0 aliphatic heterocycles. The van der Waals surface area contributed by atoms with Crippen molar-refractivity contribution in [2.45, 2.75) is 44.6 Å². The molecule has 132 valence electrons. The second-order valence-corrected chi connectivity index (χ2v) is 6.91. The van der Waals surface area contributed by atoms with Gasteiger partial charge in [-0.25, -0.2) is 9.48 Å². The third-order valence-corrected chi connectivity index (χ3v) is 4.99. The Morgan fingerprint density at radius 1 is 1.28 bits per heavy atom. The highest BCUT2D eigenvalue weighted by Crippen LogP contribution is 2.32. The van der Waals surface area contributed by atoms with Crippen molar-refractivity contribution >= 4 is 11.9 Å². The molecule has 6 nitrogen and oxygen atoms in total. The van der Waals surface area contributed by atoms with Gasteiger partial charge in [0.15, 0.2) is 0 Å². The van der Waals surface area contributed by atoms with Gasteiger partial charge in [0, 0.05) is 12.4 Å². The fourth-order valence-electron chi connectivity index (χ4n) is 3.33. The summed E-state index contributed by atoms with van der Waals surface area (Å²) in [4.78, 5) is 24.1. The molecule has 1 amide bonds. The Morgan fingerprint density at radius 2 is 1.96 bits per heavy atom. The summed E-state index contributed by atoms with van der Waals surface area (Å²) in [7, 11) is 0. The third-order valence-electron chi connectivity index (χ3n) is 4.99. The molecule has 1 aliphatic carbocycles. The van der Waals surface area contributed by atoms with Crippen LogP contribution in [0.15, 0.2) is 42.7 Å². The first-order chi connectivity index (χ1) is 12.0. The molecular formula is C19H23N3O3. The quantitative estimate of drug-likeness (QED) is 0.875. The second-order valence-electron chi connectivity index (χ2n) is 6.91. The van der Waals surface area contributed by atoms with Gasteiger partial charge in [-0.3, -0.25) is 4.79 Å². The number of rotatable bonds is 5. The summed E-state index contributed by atoms with van der Waals surface area (Å²) in [5, 5.41) is 16.6. The van der Waals surface area contributed by atoms with E-state index in [9.17, 15) is 14.7 Å². The number of hydrogen-bond donors (Lipinski definition) is 2. The summed E-state index contributed by atoms with van der Waals surface area (Å²) in [6.45, 7) is 2.12. The number of carbonyl (C=O) groups is 2. The van der Waals surface area contributed by atoms with Gasteiger partial charge in [-0.15, -0.1) is 0 Å². The van der Waals surface area contributed by atoms with Gasteiger partial charge in [-0.2, -0.15) is 5.10 Å². The van der Waals surface area contributed by atoms with Gasteiger partial charge in [-0.05, 0) is 55.4 Å². The number of benzene rings is 1. The molecule has 6 heteroatoms. The number of nitrogens with zero attached hydrogens (tertiary/aromatic N) is 2. The van der Waals surface area contributed by atoms with Crippen LogP contribution >= 0.6 is 0 Å². The number of nitrogens with one attached hydrogen (secondary N) is 1. The largest absolute Gasteiger partial charge is 0.480 e. The number of carboxylic acids is 1. The summed E-state index contributed by atoms with van der Waals surface area (Å²) in [5.74, 6) is -0.662. The number of hydrogen-bond acceptors (Lipinski definition) is 3. The van der Waals surface area contributed by atoms with Crippen molar-refractivity contribution in [1.82, 2.24) is 15.1 Å². The molecule has 2 aromatic rings. The van der Waals surface area contributed by atoms with Crippen LogP contribution in [0.25, 0.3) is 5.69 Å². The summed E-state index contributed by atoms with van der Waals surface area (Å²) in [6.07, 6.45) is 6.36. The molecule has 1 aliphatic rings. The van der Waals surface area contributed by atoms with Gasteiger partial charge in [-0.1, -0.05) is 19.1 Å². The number of aromatic nitrogens is 2. The molecule has 0 spiro atoms. The Labute approximate surface area is 146 Å². The molecule has 2 N–H and O–H groups in total. The zero-order valence-electron chi connectivity index (χ0n) is 14.3. The minimum Gasteiger partial charge on any atom is -0.480 e. The topological polar surface area (TPSA) is 84.2 Å². The van der Waals surface area contributed by atoms with Crippen LogP contribution in [0.5, 0.6) is 0 Å². The van der Waals surface area contributed by atoms with E-state index in [1.807, 2.05) is 36.5 Å². The second kappa shape index (κ2) is 7.09. The third kappa shape index (κ3) is 3.90. The smallest absolute Gasteiger partial charge is 0.329 e. The molecule has 0 atom stereocenters. The predicted molar refractivity (Wildman–Crippen MR) is 93.4 cm³/mol. The van der Waals surface area contributed by atoms with Gasteiger partial charge in [0.05, 0.1) is 12.1 Å². The fourth-order valence-corrected chi connectivity index (χ4v) is 3.33. The molecule has 1 fully saturated rings. The number of carboxylic acid groups (broad SMARTS) is 1. The first kappa shape index (κ1) is 17.2. The summed E-state index contributed by atoms with van der Waals surface area (Å²) < 4.78 is 1.74. The molecule has 1 heterocycles. The van der Waals surface area contributed by atoms with Crippen LogP contribution in [0.1, 0.15) is 38.2 Å². The predicted octanol–water partition coefficient (Wildman–Crippen LogP) is 2.56. The van der Waals surface area contributed by atoms with E-state index in [1.165, 1.54) is 0 Å². The van der Waals surface area contributed by atoms with Crippen molar-refractivity contribution < 1.29 is 14.7 Å². The Balaban J connectivity index is 1.64. The minimum absolute atomic E-state index is 0.171. The van der Waals surface area contributed by atoms with Gasteiger partial charge < -0.3 is 10.4 Å². The van der Waals surface area contributed by atoms with E-state index < -0.39 is 11.5 Å².